The second-order valence-electron chi connectivity index (χ2n) is 7.97. The summed E-state index contributed by atoms with van der Waals surface area (Å²) in [5.74, 6) is 1.61. The first-order valence-electron chi connectivity index (χ1n) is 10.3. The third-order valence-corrected chi connectivity index (χ3v) is 5.95. The van der Waals surface area contributed by atoms with Crippen molar-refractivity contribution >= 4 is 11.8 Å². The van der Waals surface area contributed by atoms with Crippen molar-refractivity contribution in [1.82, 2.24) is 9.80 Å². The van der Waals surface area contributed by atoms with Crippen LogP contribution < -0.4 is 4.74 Å². The largest absolute Gasteiger partial charge is 0.497 e. The summed E-state index contributed by atoms with van der Waals surface area (Å²) < 4.78 is 10.7. The molecule has 2 saturated heterocycles. The average Bonchev–Trinajstić information content (AvgIpc) is 2.74. The van der Waals surface area contributed by atoms with Crippen molar-refractivity contribution in [3.8, 4) is 5.75 Å². The standard InChI is InChI=1S/C22H32N2O4/c1-23(11-8-17-9-12-28-13-10-17)22(26)19-6-7-21(25)24(16-19)15-18-4-3-5-20(14-18)27-2/h3-5,14,17,19H,6-13,15-16H2,1-2H3. The summed E-state index contributed by atoms with van der Waals surface area (Å²) in [5.41, 5.74) is 1.02. The zero-order chi connectivity index (χ0) is 19.9. The van der Waals surface area contributed by atoms with Crippen LogP contribution in [0.1, 0.15) is 37.7 Å². The molecule has 1 aromatic carbocycles. The van der Waals surface area contributed by atoms with Gasteiger partial charge in [0.25, 0.3) is 0 Å². The van der Waals surface area contributed by atoms with Gasteiger partial charge in [-0.1, -0.05) is 12.1 Å². The van der Waals surface area contributed by atoms with Crippen LogP contribution in [0, 0.1) is 11.8 Å². The quantitative estimate of drug-likeness (QED) is 0.721. The normalized spacial score (nSPS) is 20.9. The Morgan fingerprint density at radius 2 is 2.07 bits per heavy atom. The number of methoxy groups -OCH3 is 1. The highest BCUT2D eigenvalue weighted by Crippen LogP contribution is 2.24. The molecule has 1 unspecified atom stereocenters. The molecule has 2 aliphatic heterocycles. The summed E-state index contributed by atoms with van der Waals surface area (Å²) >= 11 is 0. The SMILES string of the molecule is COc1cccc(CN2CC(C(=O)N(C)CCC3CCOCC3)CCC2=O)c1. The summed E-state index contributed by atoms with van der Waals surface area (Å²) in [6, 6.07) is 7.75. The van der Waals surface area contributed by atoms with E-state index in [0.717, 1.165) is 50.3 Å². The van der Waals surface area contributed by atoms with Gasteiger partial charge >= 0.3 is 0 Å². The molecule has 2 fully saturated rings. The monoisotopic (exact) mass is 388 g/mol. The Morgan fingerprint density at radius 3 is 2.82 bits per heavy atom. The minimum absolute atomic E-state index is 0.108. The van der Waals surface area contributed by atoms with Gasteiger partial charge < -0.3 is 19.3 Å². The van der Waals surface area contributed by atoms with Gasteiger partial charge in [-0.25, -0.2) is 0 Å². The van der Waals surface area contributed by atoms with Crippen LogP contribution in [-0.2, 0) is 20.9 Å². The molecule has 0 aromatic heterocycles. The summed E-state index contributed by atoms with van der Waals surface area (Å²) in [6.45, 7) is 3.48. The maximum Gasteiger partial charge on any atom is 0.227 e. The third-order valence-electron chi connectivity index (χ3n) is 5.95. The zero-order valence-electron chi connectivity index (χ0n) is 17.1. The van der Waals surface area contributed by atoms with E-state index >= 15 is 0 Å². The average molecular weight is 389 g/mol. The van der Waals surface area contributed by atoms with Gasteiger partial charge in [0, 0.05) is 46.3 Å². The lowest BCUT2D eigenvalue weighted by molar-refractivity contribution is -0.142. The molecule has 154 valence electrons. The van der Waals surface area contributed by atoms with Gasteiger partial charge in [-0.15, -0.1) is 0 Å². The first-order valence-corrected chi connectivity index (χ1v) is 10.3. The molecule has 1 aromatic rings. The second-order valence-corrected chi connectivity index (χ2v) is 7.97. The van der Waals surface area contributed by atoms with E-state index in [9.17, 15) is 9.59 Å². The van der Waals surface area contributed by atoms with E-state index in [2.05, 4.69) is 0 Å². The van der Waals surface area contributed by atoms with Crippen LogP contribution in [0.2, 0.25) is 0 Å². The Kier molecular flexibility index (Phi) is 7.31. The Balaban J connectivity index is 1.53. The van der Waals surface area contributed by atoms with Crippen LogP contribution in [0.15, 0.2) is 24.3 Å². The molecule has 0 bridgehead atoms. The Morgan fingerprint density at radius 1 is 1.29 bits per heavy atom. The molecule has 3 rings (SSSR count). The molecule has 2 heterocycles. The Labute approximate surface area is 167 Å². The highest BCUT2D eigenvalue weighted by atomic mass is 16.5. The molecule has 0 saturated carbocycles. The topological polar surface area (TPSA) is 59.1 Å². The van der Waals surface area contributed by atoms with Gasteiger partial charge in [-0.2, -0.15) is 0 Å². The van der Waals surface area contributed by atoms with Crippen molar-refractivity contribution < 1.29 is 19.1 Å². The summed E-state index contributed by atoms with van der Waals surface area (Å²) in [4.78, 5) is 29.0. The summed E-state index contributed by atoms with van der Waals surface area (Å²) in [7, 11) is 3.53. The molecule has 6 nitrogen and oxygen atoms in total. The number of amides is 2. The van der Waals surface area contributed by atoms with Crippen molar-refractivity contribution in [1.29, 1.82) is 0 Å². The van der Waals surface area contributed by atoms with E-state index in [1.54, 1.807) is 7.11 Å². The number of ether oxygens (including phenoxy) is 2. The number of carbonyl (C=O) groups is 2. The lowest BCUT2D eigenvalue weighted by Gasteiger charge is -2.34. The van der Waals surface area contributed by atoms with Crippen molar-refractivity contribution in [3.05, 3.63) is 29.8 Å². The number of hydrogen-bond donors (Lipinski definition) is 0. The van der Waals surface area contributed by atoms with Crippen LogP contribution in [0.3, 0.4) is 0 Å². The Hall–Kier alpha value is -2.08. The van der Waals surface area contributed by atoms with Gasteiger partial charge in [0.2, 0.25) is 11.8 Å². The van der Waals surface area contributed by atoms with Crippen molar-refractivity contribution in [2.45, 2.75) is 38.6 Å². The van der Waals surface area contributed by atoms with Crippen LogP contribution in [-0.4, -0.2) is 62.1 Å². The number of carbonyl (C=O) groups excluding carboxylic acids is 2. The molecular weight excluding hydrogens is 356 g/mol. The van der Waals surface area contributed by atoms with E-state index in [1.807, 2.05) is 41.1 Å². The fraction of sp³-hybridized carbons (Fsp3) is 0.636. The number of hydrogen-bond acceptors (Lipinski definition) is 4. The van der Waals surface area contributed by atoms with Crippen LogP contribution >= 0.6 is 0 Å². The summed E-state index contributed by atoms with van der Waals surface area (Å²) in [5, 5.41) is 0. The lowest BCUT2D eigenvalue weighted by atomic mass is 9.94. The molecule has 0 aliphatic carbocycles. The van der Waals surface area contributed by atoms with E-state index in [0.29, 0.717) is 31.8 Å². The highest BCUT2D eigenvalue weighted by molar-refractivity contribution is 5.83. The van der Waals surface area contributed by atoms with Gasteiger partial charge in [-0.3, -0.25) is 9.59 Å². The van der Waals surface area contributed by atoms with E-state index in [-0.39, 0.29) is 17.7 Å². The Bertz CT molecular complexity index is 672. The molecule has 1 atom stereocenters. The molecule has 6 heteroatoms. The predicted molar refractivity (Wildman–Crippen MR) is 107 cm³/mol. The number of rotatable bonds is 7. The molecule has 2 aliphatic rings. The number of nitrogens with zero attached hydrogens (tertiary/aromatic N) is 2. The van der Waals surface area contributed by atoms with E-state index < -0.39 is 0 Å². The predicted octanol–water partition coefficient (Wildman–Crippen LogP) is 2.71. The van der Waals surface area contributed by atoms with Crippen LogP contribution in [0.4, 0.5) is 0 Å². The number of benzene rings is 1. The zero-order valence-corrected chi connectivity index (χ0v) is 17.1. The first kappa shape index (κ1) is 20.6. The molecule has 0 radical (unpaired) electrons. The van der Waals surface area contributed by atoms with Gasteiger partial charge in [0.05, 0.1) is 13.0 Å². The first-order chi connectivity index (χ1) is 13.6. The smallest absolute Gasteiger partial charge is 0.227 e. The van der Waals surface area contributed by atoms with Crippen LogP contribution in [0.25, 0.3) is 0 Å². The minimum Gasteiger partial charge on any atom is -0.497 e. The van der Waals surface area contributed by atoms with Crippen LogP contribution in [0.5, 0.6) is 5.75 Å². The fourth-order valence-corrected chi connectivity index (χ4v) is 4.09. The van der Waals surface area contributed by atoms with Gasteiger partial charge in [0.1, 0.15) is 5.75 Å². The second kappa shape index (κ2) is 9.92. The highest BCUT2D eigenvalue weighted by Gasteiger charge is 2.32. The molecular formula is C22H32N2O4. The summed E-state index contributed by atoms with van der Waals surface area (Å²) in [6.07, 6.45) is 4.30. The van der Waals surface area contributed by atoms with E-state index in [4.69, 9.17) is 9.47 Å². The van der Waals surface area contributed by atoms with Crippen molar-refractivity contribution in [2.75, 3.05) is 40.5 Å². The minimum atomic E-state index is -0.108. The maximum absolute atomic E-state index is 12.9. The van der Waals surface area contributed by atoms with Gasteiger partial charge in [-0.05, 0) is 49.3 Å². The third kappa shape index (κ3) is 5.47. The number of likely N-dealkylation sites (tertiary alicyclic amines) is 1. The molecule has 28 heavy (non-hydrogen) atoms. The van der Waals surface area contributed by atoms with Crippen molar-refractivity contribution in [2.24, 2.45) is 11.8 Å². The van der Waals surface area contributed by atoms with Crippen molar-refractivity contribution in [3.63, 3.8) is 0 Å². The van der Waals surface area contributed by atoms with E-state index in [1.165, 1.54) is 0 Å². The fourth-order valence-electron chi connectivity index (χ4n) is 4.09. The van der Waals surface area contributed by atoms with Gasteiger partial charge in [0.15, 0.2) is 0 Å². The lowest BCUT2D eigenvalue weighted by Crippen LogP contribution is -2.46. The molecule has 2 amide bonds. The molecule has 0 spiro atoms. The number of piperidine rings is 1. The maximum atomic E-state index is 12.9. The molecule has 0 N–H and O–H groups in total.